The maximum absolute atomic E-state index is 12.1. The summed E-state index contributed by atoms with van der Waals surface area (Å²) in [6.45, 7) is 3.74. The number of aryl methyl sites for hydroxylation is 2. The Hall–Kier alpha value is -2.63. The second-order valence-corrected chi connectivity index (χ2v) is 4.85. The van der Waals surface area contributed by atoms with Crippen LogP contribution in [0.4, 0.5) is 5.69 Å². The Kier molecular flexibility index (Phi) is 4.07. The van der Waals surface area contributed by atoms with Gasteiger partial charge in [0.1, 0.15) is 0 Å². The molecule has 0 aliphatic rings. The molecule has 1 aromatic heterocycles. The summed E-state index contributed by atoms with van der Waals surface area (Å²) in [6.07, 6.45) is 0.166. The van der Waals surface area contributed by atoms with Crippen LogP contribution in [0.2, 0.25) is 0 Å². The van der Waals surface area contributed by atoms with E-state index in [0.29, 0.717) is 5.69 Å². The summed E-state index contributed by atoms with van der Waals surface area (Å²) in [7, 11) is 1.82. The predicted octanol–water partition coefficient (Wildman–Crippen LogP) is 1.92. The number of nitrogens with one attached hydrogen (secondary N) is 1. The van der Waals surface area contributed by atoms with Gasteiger partial charge < -0.3 is 10.4 Å². The fraction of sp³-hybridized carbons (Fsp3) is 0.267. The number of anilines is 1. The number of nitrogens with zero attached hydrogens (tertiary/aromatic N) is 2. The monoisotopic (exact) mass is 287 g/mol. The number of benzene rings is 1. The molecular formula is C15H17N3O3. The smallest absolute Gasteiger partial charge is 0.337 e. The van der Waals surface area contributed by atoms with Crippen LogP contribution in [0, 0.1) is 13.8 Å². The number of para-hydroxylation sites is 1. The Morgan fingerprint density at radius 3 is 2.52 bits per heavy atom. The van der Waals surface area contributed by atoms with E-state index in [0.717, 1.165) is 17.0 Å². The van der Waals surface area contributed by atoms with Crippen molar-refractivity contribution in [1.82, 2.24) is 9.78 Å². The normalized spacial score (nSPS) is 10.4. The largest absolute Gasteiger partial charge is 0.478 e. The van der Waals surface area contributed by atoms with E-state index in [4.69, 9.17) is 5.11 Å². The summed E-state index contributed by atoms with van der Waals surface area (Å²) in [4.78, 5) is 23.2. The Balaban J connectivity index is 2.18. The molecule has 0 aliphatic heterocycles. The van der Waals surface area contributed by atoms with Crippen molar-refractivity contribution in [2.75, 3.05) is 5.32 Å². The Morgan fingerprint density at radius 2 is 1.95 bits per heavy atom. The van der Waals surface area contributed by atoms with Crippen LogP contribution < -0.4 is 5.32 Å². The molecule has 0 saturated carbocycles. The van der Waals surface area contributed by atoms with Crippen molar-refractivity contribution in [2.45, 2.75) is 20.3 Å². The van der Waals surface area contributed by atoms with Gasteiger partial charge in [0.2, 0.25) is 5.91 Å². The highest BCUT2D eigenvalue weighted by Crippen LogP contribution is 2.17. The summed E-state index contributed by atoms with van der Waals surface area (Å²) in [5, 5.41) is 16.0. The van der Waals surface area contributed by atoms with E-state index in [2.05, 4.69) is 10.4 Å². The van der Waals surface area contributed by atoms with Gasteiger partial charge in [0.15, 0.2) is 0 Å². The number of carboxylic acid groups (broad SMARTS) is 1. The van der Waals surface area contributed by atoms with Gasteiger partial charge >= 0.3 is 5.97 Å². The van der Waals surface area contributed by atoms with E-state index in [9.17, 15) is 9.59 Å². The number of rotatable bonds is 4. The first kappa shape index (κ1) is 14.8. The lowest BCUT2D eigenvalue weighted by Crippen LogP contribution is -2.17. The molecule has 6 nitrogen and oxygen atoms in total. The van der Waals surface area contributed by atoms with Gasteiger partial charge in [-0.1, -0.05) is 12.1 Å². The van der Waals surface area contributed by atoms with E-state index < -0.39 is 5.97 Å². The van der Waals surface area contributed by atoms with Crippen molar-refractivity contribution in [1.29, 1.82) is 0 Å². The predicted molar refractivity (Wildman–Crippen MR) is 78.4 cm³/mol. The fourth-order valence-corrected chi connectivity index (χ4v) is 2.21. The third-order valence-corrected chi connectivity index (χ3v) is 3.43. The number of carboxylic acids is 1. The van der Waals surface area contributed by atoms with Gasteiger partial charge in [-0.2, -0.15) is 5.10 Å². The first-order valence-corrected chi connectivity index (χ1v) is 6.51. The summed E-state index contributed by atoms with van der Waals surface area (Å²) in [5.41, 5.74) is 2.97. The van der Waals surface area contributed by atoms with Crippen molar-refractivity contribution in [3.8, 4) is 0 Å². The first-order chi connectivity index (χ1) is 9.90. The lowest BCUT2D eigenvalue weighted by Gasteiger charge is -2.08. The molecule has 6 heteroatoms. The van der Waals surface area contributed by atoms with Crippen LogP contribution in [0.1, 0.15) is 27.3 Å². The molecule has 0 bridgehead atoms. The lowest BCUT2D eigenvalue weighted by molar-refractivity contribution is -0.115. The maximum Gasteiger partial charge on any atom is 0.337 e. The molecule has 0 atom stereocenters. The highest BCUT2D eigenvalue weighted by molar-refractivity contribution is 6.01. The van der Waals surface area contributed by atoms with Gasteiger partial charge in [-0.15, -0.1) is 0 Å². The minimum Gasteiger partial charge on any atom is -0.478 e. The third kappa shape index (κ3) is 3.10. The molecule has 0 fully saturated rings. The second kappa shape index (κ2) is 5.78. The molecule has 2 N–H and O–H groups in total. The second-order valence-electron chi connectivity index (χ2n) is 4.85. The van der Waals surface area contributed by atoms with Crippen molar-refractivity contribution in [2.24, 2.45) is 7.05 Å². The Bertz CT molecular complexity index is 704. The SMILES string of the molecule is Cc1nn(C)c(C)c1CC(=O)Nc1ccccc1C(=O)O. The van der Waals surface area contributed by atoms with E-state index in [1.54, 1.807) is 22.9 Å². The first-order valence-electron chi connectivity index (χ1n) is 6.51. The summed E-state index contributed by atoms with van der Waals surface area (Å²) < 4.78 is 1.73. The van der Waals surface area contributed by atoms with Gasteiger partial charge in [-0.3, -0.25) is 9.48 Å². The summed E-state index contributed by atoms with van der Waals surface area (Å²) in [6, 6.07) is 6.33. The molecule has 0 unspecified atom stereocenters. The van der Waals surface area contributed by atoms with Gasteiger partial charge in [0.05, 0.1) is 23.4 Å². The maximum atomic E-state index is 12.1. The van der Waals surface area contributed by atoms with Crippen molar-refractivity contribution in [3.63, 3.8) is 0 Å². The number of carbonyl (C=O) groups excluding carboxylic acids is 1. The van der Waals surface area contributed by atoms with Gasteiger partial charge in [0, 0.05) is 18.3 Å². The fourth-order valence-electron chi connectivity index (χ4n) is 2.21. The van der Waals surface area contributed by atoms with E-state index >= 15 is 0 Å². The Morgan fingerprint density at radius 1 is 1.29 bits per heavy atom. The molecule has 2 rings (SSSR count). The highest BCUT2D eigenvalue weighted by Gasteiger charge is 2.16. The molecule has 0 saturated heterocycles. The molecule has 0 aliphatic carbocycles. The van der Waals surface area contributed by atoms with Crippen molar-refractivity contribution < 1.29 is 14.7 Å². The van der Waals surface area contributed by atoms with Crippen LogP contribution in [0.5, 0.6) is 0 Å². The molecule has 110 valence electrons. The van der Waals surface area contributed by atoms with Crippen LogP contribution in [-0.2, 0) is 18.3 Å². The number of carbonyl (C=O) groups is 2. The minimum absolute atomic E-state index is 0.0745. The molecule has 1 aromatic carbocycles. The van der Waals surface area contributed by atoms with Crippen LogP contribution in [-0.4, -0.2) is 26.8 Å². The molecular weight excluding hydrogens is 270 g/mol. The quantitative estimate of drug-likeness (QED) is 0.899. The number of aromatic nitrogens is 2. The zero-order valence-electron chi connectivity index (χ0n) is 12.2. The van der Waals surface area contributed by atoms with Crippen LogP contribution in [0.3, 0.4) is 0 Å². The number of hydrogen-bond donors (Lipinski definition) is 2. The molecule has 1 amide bonds. The van der Waals surface area contributed by atoms with E-state index in [1.165, 1.54) is 6.07 Å². The van der Waals surface area contributed by atoms with Crippen LogP contribution in [0.15, 0.2) is 24.3 Å². The number of aromatic carboxylic acids is 1. The van der Waals surface area contributed by atoms with Crippen molar-refractivity contribution in [3.05, 3.63) is 46.8 Å². The lowest BCUT2D eigenvalue weighted by atomic mass is 10.1. The van der Waals surface area contributed by atoms with Crippen molar-refractivity contribution >= 4 is 17.6 Å². The Labute approximate surface area is 122 Å². The summed E-state index contributed by atoms with van der Waals surface area (Å²) >= 11 is 0. The van der Waals surface area contributed by atoms with Gasteiger partial charge in [-0.05, 0) is 26.0 Å². The van der Waals surface area contributed by atoms with E-state index in [-0.39, 0.29) is 17.9 Å². The number of hydrogen-bond acceptors (Lipinski definition) is 3. The summed E-state index contributed by atoms with van der Waals surface area (Å²) in [5.74, 6) is -1.33. The molecule has 2 aromatic rings. The number of amides is 1. The van der Waals surface area contributed by atoms with Crippen LogP contribution >= 0.6 is 0 Å². The zero-order valence-corrected chi connectivity index (χ0v) is 12.2. The topological polar surface area (TPSA) is 84.2 Å². The van der Waals surface area contributed by atoms with Gasteiger partial charge in [-0.25, -0.2) is 4.79 Å². The van der Waals surface area contributed by atoms with Gasteiger partial charge in [0.25, 0.3) is 0 Å². The highest BCUT2D eigenvalue weighted by atomic mass is 16.4. The standard InChI is InChI=1S/C15H17N3O3/c1-9-12(10(2)18(3)17-9)8-14(19)16-13-7-5-4-6-11(13)15(20)21/h4-7H,8H2,1-3H3,(H,16,19)(H,20,21). The van der Waals surface area contributed by atoms with E-state index in [1.807, 2.05) is 20.9 Å². The minimum atomic E-state index is -1.07. The van der Waals surface area contributed by atoms with Crippen LogP contribution in [0.25, 0.3) is 0 Å². The third-order valence-electron chi connectivity index (χ3n) is 3.43. The average Bonchev–Trinajstić information content (AvgIpc) is 2.66. The zero-order chi connectivity index (χ0) is 15.6. The molecule has 1 heterocycles. The molecule has 0 radical (unpaired) electrons. The molecule has 0 spiro atoms. The average molecular weight is 287 g/mol. The molecule has 21 heavy (non-hydrogen) atoms.